The van der Waals surface area contributed by atoms with Gasteiger partial charge in [-0.05, 0) is 83.4 Å². The lowest BCUT2D eigenvalue weighted by molar-refractivity contribution is 0.212. The first-order chi connectivity index (χ1) is 16.0. The van der Waals surface area contributed by atoms with E-state index in [0.717, 1.165) is 43.6 Å². The van der Waals surface area contributed by atoms with Crippen molar-refractivity contribution in [3.63, 3.8) is 0 Å². The summed E-state index contributed by atoms with van der Waals surface area (Å²) in [5.74, 6) is 1.16. The zero-order valence-electron chi connectivity index (χ0n) is 19.4. The number of nitrogens with two attached hydrogens (primary N) is 1. The first kappa shape index (κ1) is 21.7. The fraction of sp³-hybridized carbons (Fsp3) is 0.440. The van der Waals surface area contributed by atoms with Crippen LogP contribution in [0.4, 0.5) is 11.5 Å². The molecule has 4 heterocycles. The van der Waals surface area contributed by atoms with Gasteiger partial charge in [0.1, 0.15) is 0 Å². The van der Waals surface area contributed by atoms with E-state index in [4.69, 9.17) is 15.5 Å². The van der Waals surface area contributed by atoms with Gasteiger partial charge in [0.15, 0.2) is 11.6 Å². The van der Waals surface area contributed by atoms with Gasteiger partial charge in [-0.1, -0.05) is 0 Å². The van der Waals surface area contributed by atoms with Gasteiger partial charge in [-0.2, -0.15) is 5.10 Å². The Morgan fingerprint density at radius 3 is 2.67 bits per heavy atom. The van der Waals surface area contributed by atoms with Gasteiger partial charge in [0, 0.05) is 23.8 Å². The third-order valence-electron chi connectivity index (χ3n) is 6.78. The van der Waals surface area contributed by atoms with E-state index >= 15 is 0 Å². The van der Waals surface area contributed by atoms with Crippen LogP contribution in [0.25, 0.3) is 11.3 Å². The van der Waals surface area contributed by atoms with Crippen LogP contribution in [0.15, 0.2) is 36.8 Å². The summed E-state index contributed by atoms with van der Waals surface area (Å²) in [7, 11) is 2.15. The maximum absolute atomic E-state index is 6.11. The zero-order valence-corrected chi connectivity index (χ0v) is 19.4. The highest BCUT2D eigenvalue weighted by molar-refractivity contribution is 5.69. The maximum Gasteiger partial charge on any atom is 0.263 e. The molecule has 2 saturated heterocycles. The quantitative estimate of drug-likeness (QED) is 0.630. The second-order valence-electron chi connectivity index (χ2n) is 9.31. The molecule has 8 heteroatoms. The van der Waals surface area contributed by atoms with Gasteiger partial charge in [-0.25, -0.2) is 9.97 Å². The standard InChI is InChI=1S/C25H32N7O/c1-17-11-19(13-21(12-17)31-8-4-5-18(31)2)23-15-27-24(26)25(29-23)33-22-14-28-32(16-22)20-6-9-30(3)10-7-20/h11-16,18,20H,1,4-10H2,2-3H3,(H2,26,27)/t18-/m1/s1. The van der Waals surface area contributed by atoms with Crippen LogP contribution >= 0.6 is 0 Å². The summed E-state index contributed by atoms with van der Waals surface area (Å²) in [6.45, 7) is 9.66. The van der Waals surface area contributed by atoms with E-state index in [-0.39, 0.29) is 5.82 Å². The molecule has 0 aliphatic carbocycles. The lowest BCUT2D eigenvalue weighted by atomic mass is 10.1. The number of likely N-dealkylation sites (tertiary alicyclic amines) is 1. The summed E-state index contributed by atoms with van der Waals surface area (Å²) in [4.78, 5) is 13.8. The minimum Gasteiger partial charge on any atom is -0.433 e. The van der Waals surface area contributed by atoms with Crippen molar-refractivity contribution < 1.29 is 4.74 Å². The van der Waals surface area contributed by atoms with Gasteiger partial charge < -0.3 is 20.3 Å². The summed E-state index contributed by atoms with van der Waals surface area (Å²) in [5.41, 5.74) is 9.89. The largest absolute Gasteiger partial charge is 0.433 e. The summed E-state index contributed by atoms with van der Waals surface area (Å²) in [6.07, 6.45) is 9.91. The Bertz CT molecular complexity index is 1120. The van der Waals surface area contributed by atoms with Crippen LogP contribution in [0, 0.1) is 6.92 Å². The van der Waals surface area contributed by atoms with Crippen molar-refractivity contribution >= 4 is 11.5 Å². The number of nitrogens with zero attached hydrogens (tertiary/aromatic N) is 6. The molecule has 8 nitrogen and oxygen atoms in total. The number of benzene rings is 1. The number of hydrogen-bond acceptors (Lipinski definition) is 7. The van der Waals surface area contributed by atoms with Crippen LogP contribution in [0.2, 0.25) is 0 Å². The number of hydrogen-bond donors (Lipinski definition) is 1. The molecule has 2 fully saturated rings. The first-order valence-corrected chi connectivity index (χ1v) is 11.7. The number of aromatic nitrogens is 4. The number of piperidine rings is 1. The smallest absolute Gasteiger partial charge is 0.263 e. The third-order valence-corrected chi connectivity index (χ3v) is 6.78. The average molecular weight is 447 g/mol. The Hall–Kier alpha value is -3.13. The molecule has 2 aliphatic heterocycles. The summed E-state index contributed by atoms with van der Waals surface area (Å²) < 4.78 is 8.01. The van der Waals surface area contributed by atoms with Gasteiger partial charge in [0.2, 0.25) is 0 Å². The Kier molecular flexibility index (Phi) is 5.93. The van der Waals surface area contributed by atoms with Crippen molar-refractivity contribution in [2.45, 2.75) is 44.7 Å². The molecule has 1 aromatic carbocycles. The third kappa shape index (κ3) is 4.66. The van der Waals surface area contributed by atoms with Gasteiger partial charge in [0.25, 0.3) is 5.88 Å². The van der Waals surface area contributed by atoms with E-state index in [2.05, 4.69) is 52.9 Å². The highest BCUT2D eigenvalue weighted by atomic mass is 16.5. The van der Waals surface area contributed by atoms with E-state index in [1.165, 1.54) is 18.5 Å². The molecule has 173 valence electrons. The molecular weight excluding hydrogens is 414 g/mol. The van der Waals surface area contributed by atoms with E-state index in [9.17, 15) is 0 Å². The molecule has 2 N–H and O–H groups in total. The lowest BCUT2D eigenvalue weighted by Gasteiger charge is -2.28. The summed E-state index contributed by atoms with van der Waals surface area (Å²) in [6, 6.07) is 7.21. The first-order valence-electron chi connectivity index (χ1n) is 11.7. The molecule has 2 aliphatic rings. The van der Waals surface area contributed by atoms with Gasteiger partial charge in [0.05, 0.1) is 30.3 Å². The van der Waals surface area contributed by atoms with Crippen LogP contribution in [-0.4, -0.2) is 57.4 Å². The van der Waals surface area contributed by atoms with Crippen LogP contribution in [-0.2, 0) is 0 Å². The van der Waals surface area contributed by atoms with Gasteiger partial charge in [-0.15, -0.1) is 0 Å². The van der Waals surface area contributed by atoms with Crippen molar-refractivity contribution in [2.24, 2.45) is 0 Å². The lowest BCUT2D eigenvalue weighted by Crippen LogP contribution is -2.31. The van der Waals surface area contributed by atoms with E-state index in [1.807, 2.05) is 16.9 Å². The zero-order chi connectivity index (χ0) is 22.9. The summed E-state index contributed by atoms with van der Waals surface area (Å²) >= 11 is 0. The molecule has 1 atom stereocenters. The number of rotatable bonds is 5. The molecule has 0 bridgehead atoms. The Labute approximate surface area is 195 Å². The Morgan fingerprint density at radius 2 is 1.91 bits per heavy atom. The molecular formula is C25H32N7O. The molecule has 5 rings (SSSR count). The van der Waals surface area contributed by atoms with Crippen LogP contribution in [0.3, 0.4) is 0 Å². The molecule has 2 aromatic heterocycles. The molecule has 0 saturated carbocycles. The predicted molar refractivity (Wildman–Crippen MR) is 130 cm³/mol. The van der Waals surface area contributed by atoms with E-state index in [1.54, 1.807) is 12.4 Å². The van der Waals surface area contributed by atoms with Crippen molar-refractivity contribution in [1.82, 2.24) is 24.6 Å². The molecule has 0 unspecified atom stereocenters. The van der Waals surface area contributed by atoms with Crippen LogP contribution < -0.4 is 15.4 Å². The van der Waals surface area contributed by atoms with E-state index < -0.39 is 0 Å². The van der Waals surface area contributed by atoms with Crippen LogP contribution in [0.5, 0.6) is 11.6 Å². The normalized spacial score (nSPS) is 19.8. The molecule has 3 aromatic rings. The predicted octanol–water partition coefficient (Wildman–Crippen LogP) is 4.15. The second-order valence-corrected chi connectivity index (χ2v) is 9.31. The second kappa shape index (κ2) is 9.02. The number of anilines is 2. The molecule has 1 radical (unpaired) electrons. The topological polar surface area (TPSA) is 85.3 Å². The SMILES string of the molecule is [CH2]c1cc(-c2cnc(N)c(Oc3cnn(C4CCN(C)CC4)c3)n2)cc(N2CCC[C@H]2C)c1. The number of nitrogen functional groups attached to an aromatic ring is 1. The van der Waals surface area contributed by atoms with Crippen molar-refractivity contribution in [3.8, 4) is 22.9 Å². The average Bonchev–Trinajstić information content (AvgIpc) is 3.44. The Morgan fingerprint density at radius 1 is 1.09 bits per heavy atom. The Balaban J connectivity index is 1.38. The number of ether oxygens (including phenoxy) is 1. The minimum atomic E-state index is 0.255. The molecule has 0 amide bonds. The molecule has 0 spiro atoms. The fourth-order valence-corrected chi connectivity index (χ4v) is 4.84. The van der Waals surface area contributed by atoms with Gasteiger partial charge in [-0.3, -0.25) is 4.68 Å². The van der Waals surface area contributed by atoms with E-state index in [0.29, 0.717) is 29.4 Å². The monoisotopic (exact) mass is 446 g/mol. The molecule has 33 heavy (non-hydrogen) atoms. The van der Waals surface area contributed by atoms with Crippen molar-refractivity contribution in [1.29, 1.82) is 0 Å². The van der Waals surface area contributed by atoms with Crippen molar-refractivity contribution in [3.05, 3.63) is 49.3 Å². The highest BCUT2D eigenvalue weighted by Crippen LogP contribution is 2.33. The van der Waals surface area contributed by atoms with Gasteiger partial charge >= 0.3 is 0 Å². The van der Waals surface area contributed by atoms with Crippen LogP contribution in [0.1, 0.15) is 44.2 Å². The van der Waals surface area contributed by atoms with Crippen molar-refractivity contribution in [2.75, 3.05) is 37.3 Å². The maximum atomic E-state index is 6.11. The fourth-order valence-electron chi connectivity index (χ4n) is 4.84. The highest BCUT2D eigenvalue weighted by Gasteiger charge is 2.22. The summed E-state index contributed by atoms with van der Waals surface area (Å²) in [5, 5.41) is 4.52. The minimum absolute atomic E-state index is 0.255.